The molecule has 0 aromatic carbocycles. The quantitative estimate of drug-likeness (QED) is 0.521. The van der Waals surface area contributed by atoms with E-state index in [0.717, 1.165) is 0 Å². The monoisotopic (exact) mass is 141 g/mol. The highest BCUT2D eigenvalue weighted by Crippen LogP contribution is 1.81. The number of amides is 1. The Morgan fingerprint density at radius 2 is 2.50 bits per heavy atom. The first-order valence-corrected chi connectivity index (χ1v) is 3.04. The maximum atomic E-state index is 10.6. The van der Waals surface area contributed by atoms with Gasteiger partial charge in [-0.15, -0.1) is 6.42 Å². The van der Waals surface area contributed by atoms with Crippen molar-refractivity contribution in [3.63, 3.8) is 0 Å². The zero-order valence-electron chi connectivity index (χ0n) is 5.92. The van der Waals surface area contributed by atoms with Gasteiger partial charge in [-0.1, -0.05) is 5.92 Å². The molecule has 0 aliphatic carbocycles. The summed E-state index contributed by atoms with van der Waals surface area (Å²) >= 11 is 0. The molecule has 0 fully saturated rings. The normalized spacial score (nSPS) is 11.7. The topological polar surface area (TPSA) is 49.3 Å². The minimum atomic E-state index is -0.218. The van der Waals surface area contributed by atoms with Crippen molar-refractivity contribution in [2.75, 3.05) is 6.61 Å². The van der Waals surface area contributed by atoms with Crippen molar-refractivity contribution >= 4 is 5.91 Å². The van der Waals surface area contributed by atoms with Crippen LogP contribution in [0.1, 0.15) is 13.3 Å². The fraction of sp³-hybridized carbons (Fsp3) is 0.571. The lowest BCUT2D eigenvalue weighted by molar-refractivity contribution is -0.120. The van der Waals surface area contributed by atoms with E-state index in [9.17, 15) is 4.79 Å². The van der Waals surface area contributed by atoms with Crippen LogP contribution in [0.15, 0.2) is 0 Å². The number of hydrogen-bond acceptors (Lipinski definition) is 2. The molecule has 56 valence electrons. The largest absolute Gasteiger partial charge is 0.394 e. The molecular formula is C7H11NO2. The van der Waals surface area contributed by atoms with Gasteiger partial charge in [0.1, 0.15) is 0 Å². The summed E-state index contributed by atoms with van der Waals surface area (Å²) in [6.07, 6.45) is 4.95. The Balaban J connectivity index is 3.49. The number of rotatable bonds is 3. The van der Waals surface area contributed by atoms with Crippen LogP contribution in [0.3, 0.4) is 0 Å². The van der Waals surface area contributed by atoms with Crippen molar-refractivity contribution in [2.45, 2.75) is 19.4 Å². The highest BCUT2D eigenvalue weighted by Gasteiger charge is 2.02. The first-order chi connectivity index (χ1) is 4.70. The van der Waals surface area contributed by atoms with E-state index in [2.05, 4.69) is 11.2 Å². The number of terminal acetylenes is 1. The Morgan fingerprint density at radius 3 is 2.90 bits per heavy atom. The van der Waals surface area contributed by atoms with Crippen LogP contribution < -0.4 is 5.32 Å². The molecule has 1 atom stereocenters. The van der Waals surface area contributed by atoms with Crippen LogP contribution in [0.25, 0.3) is 0 Å². The van der Waals surface area contributed by atoms with Gasteiger partial charge in [0.15, 0.2) is 0 Å². The molecule has 2 N–H and O–H groups in total. The number of carbonyl (C=O) groups is 1. The van der Waals surface area contributed by atoms with E-state index in [1.165, 1.54) is 0 Å². The summed E-state index contributed by atoms with van der Waals surface area (Å²) in [5.41, 5.74) is 0. The smallest absolute Gasteiger partial charge is 0.232 e. The molecule has 0 aliphatic heterocycles. The predicted octanol–water partition coefficient (Wildman–Crippen LogP) is -0.493. The van der Waals surface area contributed by atoms with Gasteiger partial charge in [0.2, 0.25) is 5.91 Å². The Bertz CT molecular complexity index is 148. The molecule has 0 bridgehead atoms. The first kappa shape index (κ1) is 8.99. The maximum absolute atomic E-state index is 10.6. The molecule has 0 rings (SSSR count). The molecule has 0 aromatic heterocycles. The molecule has 1 amide bonds. The maximum Gasteiger partial charge on any atom is 0.232 e. The van der Waals surface area contributed by atoms with Crippen molar-refractivity contribution in [1.82, 2.24) is 5.32 Å². The molecule has 10 heavy (non-hydrogen) atoms. The van der Waals surface area contributed by atoms with Crippen LogP contribution in [0, 0.1) is 12.3 Å². The minimum absolute atomic E-state index is 0.0592. The number of hydrogen-bond donors (Lipinski definition) is 2. The van der Waals surface area contributed by atoms with E-state index in [1.54, 1.807) is 6.92 Å². The van der Waals surface area contributed by atoms with E-state index in [4.69, 9.17) is 11.5 Å². The lowest BCUT2D eigenvalue weighted by atomic mass is 10.3. The van der Waals surface area contributed by atoms with Gasteiger partial charge >= 0.3 is 0 Å². The van der Waals surface area contributed by atoms with E-state index in [1.807, 2.05) is 0 Å². The fourth-order valence-corrected chi connectivity index (χ4v) is 0.464. The Labute approximate surface area is 60.4 Å². The number of nitrogens with one attached hydrogen (secondary N) is 1. The Kier molecular flexibility index (Phi) is 4.34. The predicted molar refractivity (Wildman–Crippen MR) is 38.1 cm³/mol. The summed E-state index contributed by atoms with van der Waals surface area (Å²) in [5, 5.41) is 11.0. The Hall–Kier alpha value is -1.01. The molecule has 1 unspecified atom stereocenters. The van der Waals surface area contributed by atoms with Gasteiger partial charge in [-0.05, 0) is 6.92 Å². The summed E-state index contributed by atoms with van der Waals surface area (Å²) in [7, 11) is 0. The average molecular weight is 141 g/mol. The SMILES string of the molecule is C#CCC(=O)NC(C)CO. The summed E-state index contributed by atoms with van der Waals surface area (Å²) in [6.45, 7) is 1.64. The third kappa shape index (κ3) is 3.93. The van der Waals surface area contributed by atoms with Crippen LogP contribution in [0.4, 0.5) is 0 Å². The molecule has 0 saturated heterocycles. The lowest BCUT2D eigenvalue weighted by Gasteiger charge is -2.07. The number of aliphatic hydroxyl groups is 1. The molecule has 0 saturated carbocycles. The van der Waals surface area contributed by atoms with Gasteiger partial charge in [-0.25, -0.2) is 0 Å². The van der Waals surface area contributed by atoms with Gasteiger partial charge in [0.25, 0.3) is 0 Å². The van der Waals surface area contributed by atoms with E-state index in [0.29, 0.717) is 0 Å². The highest BCUT2D eigenvalue weighted by atomic mass is 16.3. The van der Waals surface area contributed by atoms with Crippen molar-refractivity contribution in [3.8, 4) is 12.3 Å². The summed E-state index contributed by atoms with van der Waals surface area (Å²) in [5.74, 6) is 1.98. The van der Waals surface area contributed by atoms with Crippen LogP contribution in [0.5, 0.6) is 0 Å². The average Bonchev–Trinajstić information content (AvgIpc) is 1.88. The van der Waals surface area contributed by atoms with Crippen LogP contribution in [0.2, 0.25) is 0 Å². The molecule has 0 heterocycles. The van der Waals surface area contributed by atoms with E-state index in [-0.39, 0.29) is 25.0 Å². The molecule has 3 nitrogen and oxygen atoms in total. The zero-order valence-corrected chi connectivity index (χ0v) is 5.92. The molecule has 0 spiro atoms. The van der Waals surface area contributed by atoms with Crippen molar-refractivity contribution in [1.29, 1.82) is 0 Å². The van der Waals surface area contributed by atoms with Crippen LogP contribution in [-0.2, 0) is 4.79 Å². The lowest BCUT2D eigenvalue weighted by Crippen LogP contribution is -2.34. The van der Waals surface area contributed by atoms with E-state index >= 15 is 0 Å². The van der Waals surface area contributed by atoms with Crippen LogP contribution >= 0.6 is 0 Å². The fourth-order valence-electron chi connectivity index (χ4n) is 0.464. The number of carbonyl (C=O) groups excluding carboxylic acids is 1. The first-order valence-electron chi connectivity index (χ1n) is 3.04. The third-order valence-electron chi connectivity index (χ3n) is 0.944. The third-order valence-corrected chi connectivity index (χ3v) is 0.944. The summed E-state index contributed by atoms with van der Waals surface area (Å²) in [6, 6.07) is -0.208. The van der Waals surface area contributed by atoms with Gasteiger partial charge in [-0.2, -0.15) is 0 Å². The molecule has 0 aliphatic rings. The second-order valence-corrected chi connectivity index (χ2v) is 2.03. The molecule has 0 aromatic rings. The van der Waals surface area contributed by atoms with Gasteiger partial charge in [0.05, 0.1) is 13.0 Å². The molecule has 0 radical (unpaired) electrons. The van der Waals surface area contributed by atoms with Gasteiger partial charge < -0.3 is 10.4 Å². The van der Waals surface area contributed by atoms with Crippen molar-refractivity contribution < 1.29 is 9.90 Å². The number of aliphatic hydroxyl groups excluding tert-OH is 1. The van der Waals surface area contributed by atoms with Gasteiger partial charge in [-0.3, -0.25) is 4.79 Å². The molecule has 3 heteroatoms. The summed E-state index contributed by atoms with van der Waals surface area (Å²) < 4.78 is 0. The second-order valence-electron chi connectivity index (χ2n) is 2.03. The van der Waals surface area contributed by atoms with Gasteiger partial charge in [0, 0.05) is 6.04 Å². The zero-order chi connectivity index (χ0) is 7.98. The van der Waals surface area contributed by atoms with Crippen molar-refractivity contribution in [3.05, 3.63) is 0 Å². The Morgan fingerprint density at radius 1 is 1.90 bits per heavy atom. The molecular weight excluding hydrogens is 130 g/mol. The van der Waals surface area contributed by atoms with Crippen LogP contribution in [-0.4, -0.2) is 23.7 Å². The van der Waals surface area contributed by atoms with Crippen molar-refractivity contribution in [2.24, 2.45) is 0 Å². The standard InChI is InChI=1S/C7H11NO2/c1-3-4-7(10)8-6(2)5-9/h1,6,9H,4-5H2,2H3,(H,8,10). The summed E-state index contributed by atoms with van der Waals surface area (Å²) in [4.78, 5) is 10.6. The second kappa shape index (κ2) is 4.83. The highest BCUT2D eigenvalue weighted by molar-refractivity contribution is 5.78. The van der Waals surface area contributed by atoms with E-state index < -0.39 is 0 Å². The minimum Gasteiger partial charge on any atom is -0.394 e.